The van der Waals surface area contributed by atoms with Gasteiger partial charge in [-0.3, -0.25) is 4.57 Å². The van der Waals surface area contributed by atoms with Crippen molar-refractivity contribution >= 4 is 0 Å². The number of aromatic nitrogens is 2. The summed E-state index contributed by atoms with van der Waals surface area (Å²) in [6, 6.07) is 9.79. The smallest absolute Gasteiger partial charge is 0.326 e. The topological polar surface area (TPSA) is 60.9 Å². The molecule has 0 aliphatic carbocycles. The lowest BCUT2D eigenvalue weighted by Crippen LogP contribution is -2.26. The maximum Gasteiger partial charge on any atom is 0.348 e. The van der Waals surface area contributed by atoms with Crippen LogP contribution in [0.2, 0.25) is 0 Å². The van der Waals surface area contributed by atoms with Gasteiger partial charge in [0.25, 0.3) is 0 Å². The lowest BCUT2D eigenvalue weighted by molar-refractivity contribution is 0.688. The molecule has 18 heavy (non-hydrogen) atoms. The maximum absolute atomic E-state index is 11.9. The minimum Gasteiger partial charge on any atom is -0.326 e. The van der Waals surface area contributed by atoms with Crippen molar-refractivity contribution in [1.82, 2.24) is 9.55 Å². The fraction of sp³-hybridized carbons (Fsp3) is 0.286. The molecular formula is C14H17N3O. The second-order valence-corrected chi connectivity index (χ2v) is 4.38. The van der Waals surface area contributed by atoms with Crippen LogP contribution in [-0.4, -0.2) is 9.55 Å². The zero-order chi connectivity index (χ0) is 13.1. The predicted molar refractivity (Wildman–Crippen MR) is 71.4 cm³/mol. The van der Waals surface area contributed by atoms with Gasteiger partial charge in [0.2, 0.25) is 0 Å². The van der Waals surface area contributed by atoms with E-state index < -0.39 is 0 Å². The molecule has 1 heterocycles. The average Bonchev–Trinajstić information content (AvgIpc) is 2.34. The van der Waals surface area contributed by atoms with Crippen LogP contribution in [0.15, 0.2) is 35.1 Å². The van der Waals surface area contributed by atoms with Gasteiger partial charge in [0.1, 0.15) is 0 Å². The molecule has 0 amide bonds. The van der Waals surface area contributed by atoms with E-state index in [4.69, 9.17) is 5.73 Å². The van der Waals surface area contributed by atoms with Gasteiger partial charge < -0.3 is 5.73 Å². The zero-order valence-electron chi connectivity index (χ0n) is 10.7. The minimum absolute atomic E-state index is 0.209. The number of nitrogens with zero attached hydrogens (tertiary/aromatic N) is 2. The highest BCUT2D eigenvalue weighted by molar-refractivity contribution is 5.27. The average molecular weight is 243 g/mol. The van der Waals surface area contributed by atoms with E-state index in [1.807, 2.05) is 44.2 Å². The molecule has 4 nitrogen and oxygen atoms in total. The molecule has 0 atom stereocenters. The van der Waals surface area contributed by atoms with E-state index in [9.17, 15) is 4.79 Å². The summed E-state index contributed by atoms with van der Waals surface area (Å²) in [7, 11) is 0. The summed E-state index contributed by atoms with van der Waals surface area (Å²) in [6.45, 7) is 4.74. The molecule has 1 aromatic carbocycles. The molecule has 0 aliphatic heterocycles. The van der Waals surface area contributed by atoms with Gasteiger partial charge in [0.15, 0.2) is 0 Å². The van der Waals surface area contributed by atoms with Crippen LogP contribution in [0, 0.1) is 13.8 Å². The highest BCUT2D eigenvalue weighted by Crippen LogP contribution is 2.10. The van der Waals surface area contributed by atoms with E-state index in [2.05, 4.69) is 4.98 Å². The van der Waals surface area contributed by atoms with Crippen LogP contribution in [0.25, 0.3) is 0 Å². The molecule has 0 saturated heterocycles. The monoisotopic (exact) mass is 243 g/mol. The van der Waals surface area contributed by atoms with Crippen LogP contribution < -0.4 is 11.4 Å². The standard InChI is InChI=1S/C14H17N3O/c1-10-7-11(2)17(14(18)16-10)9-13-6-4-3-5-12(13)8-15/h3-7H,8-9,15H2,1-2H3. The first kappa shape index (κ1) is 12.5. The van der Waals surface area contributed by atoms with E-state index in [0.717, 1.165) is 22.5 Å². The molecule has 0 aliphatic rings. The van der Waals surface area contributed by atoms with E-state index in [-0.39, 0.29) is 5.69 Å². The SMILES string of the molecule is Cc1cc(C)n(Cc2ccccc2CN)c(=O)n1. The van der Waals surface area contributed by atoms with Crippen molar-refractivity contribution in [2.45, 2.75) is 26.9 Å². The number of benzene rings is 1. The van der Waals surface area contributed by atoms with Crippen LogP contribution in [0.3, 0.4) is 0 Å². The molecule has 0 radical (unpaired) electrons. The number of rotatable bonds is 3. The Kier molecular flexibility index (Phi) is 3.58. The van der Waals surface area contributed by atoms with Gasteiger partial charge >= 0.3 is 5.69 Å². The molecule has 0 spiro atoms. The lowest BCUT2D eigenvalue weighted by Gasteiger charge is -2.12. The molecule has 94 valence electrons. The largest absolute Gasteiger partial charge is 0.348 e. The van der Waals surface area contributed by atoms with Gasteiger partial charge in [-0.15, -0.1) is 0 Å². The van der Waals surface area contributed by atoms with Crippen LogP contribution in [0.1, 0.15) is 22.5 Å². The Morgan fingerprint density at radius 2 is 1.89 bits per heavy atom. The van der Waals surface area contributed by atoms with Crippen molar-refractivity contribution in [3.8, 4) is 0 Å². The second-order valence-electron chi connectivity index (χ2n) is 4.38. The third-order valence-corrected chi connectivity index (χ3v) is 3.01. The molecule has 0 unspecified atom stereocenters. The highest BCUT2D eigenvalue weighted by Gasteiger charge is 2.06. The van der Waals surface area contributed by atoms with Gasteiger partial charge in [-0.25, -0.2) is 4.79 Å². The molecule has 0 bridgehead atoms. The minimum atomic E-state index is -0.209. The summed E-state index contributed by atoms with van der Waals surface area (Å²) in [5.41, 5.74) is 9.28. The van der Waals surface area contributed by atoms with Crippen molar-refractivity contribution in [2.24, 2.45) is 5.73 Å². The second kappa shape index (κ2) is 5.14. The number of nitrogens with two attached hydrogens (primary N) is 1. The van der Waals surface area contributed by atoms with Crippen LogP contribution in [0.5, 0.6) is 0 Å². The number of hydrogen-bond donors (Lipinski definition) is 1. The Morgan fingerprint density at radius 3 is 2.50 bits per heavy atom. The number of aryl methyl sites for hydroxylation is 2. The summed E-state index contributed by atoms with van der Waals surface area (Å²) in [6.07, 6.45) is 0. The van der Waals surface area contributed by atoms with Gasteiger partial charge in [-0.1, -0.05) is 24.3 Å². The Balaban J connectivity index is 2.43. The third-order valence-electron chi connectivity index (χ3n) is 3.01. The van der Waals surface area contributed by atoms with E-state index >= 15 is 0 Å². The van der Waals surface area contributed by atoms with Crippen LogP contribution in [-0.2, 0) is 13.1 Å². The van der Waals surface area contributed by atoms with Gasteiger partial charge in [0, 0.05) is 17.9 Å². The van der Waals surface area contributed by atoms with Crippen molar-refractivity contribution in [2.75, 3.05) is 0 Å². The molecule has 2 rings (SSSR count). The first-order valence-electron chi connectivity index (χ1n) is 5.93. The summed E-state index contributed by atoms with van der Waals surface area (Å²) >= 11 is 0. The fourth-order valence-electron chi connectivity index (χ4n) is 2.05. The van der Waals surface area contributed by atoms with Crippen LogP contribution in [0.4, 0.5) is 0 Å². The molecule has 4 heteroatoms. The highest BCUT2D eigenvalue weighted by atomic mass is 16.1. The van der Waals surface area contributed by atoms with E-state index in [1.165, 1.54) is 0 Å². The molecule has 2 aromatic rings. The summed E-state index contributed by atoms with van der Waals surface area (Å²) < 4.78 is 1.67. The summed E-state index contributed by atoms with van der Waals surface area (Å²) in [4.78, 5) is 15.8. The van der Waals surface area contributed by atoms with Gasteiger partial charge in [0.05, 0.1) is 6.54 Å². The predicted octanol–water partition coefficient (Wildman–Crippen LogP) is 1.37. The van der Waals surface area contributed by atoms with Gasteiger partial charge in [-0.05, 0) is 31.0 Å². The quantitative estimate of drug-likeness (QED) is 0.885. The normalized spacial score (nSPS) is 10.6. The molecule has 0 saturated carbocycles. The van der Waals surface area contributed by atoms with Crippen molar-refractivity contribution < 1.29 is 0 Å². The van der Waals surface area contributed by atoms with Crippen molar-refractivity contribution in [3.05, 3.63) is 63.3 Å². The summed E-state index contributed by atoms with van der Waals surface area (Å²) in [5, 5.41) is 0. The molecule has 0 fully saturated rings. The molecule has 1 aromatic heterocycles. The van der Waals surface area contributed by atoms with Gasteiger partial charge in [-0.2, -0.15) is 4.98 Å². The Morgan fingerprint density at radius 1 is 1.22 bits per heavy atom. The first-order valence-corrected chi connectivity index (χ1v) is 5.93. The first-order chi connectivity index (χ1) is 8.61. The molecule has 2 N–H and O–H groups in total. The lowest BCUT2D eigenvalue weighted by atomic mass is 10.1. The fourth-order valence-corrected chi connectivity index (χ4v) is 2.05. The van der Waals surface area contributed by atoms with Crippen LogP contribution >= 0.6 is 0 Å². The van der Waals surface area contributed by atoms with E-state index in [0.29, 0.717) is 13.1 Å². The Hall–Kier alpha value is -1.94. The Labute approximate surface area is 106 Å². The third kappa shape index (κ3) is 2.49. The zero-order valence-corrected chi connectivity index (χ0v) is 10.7. The van der Waals surface area contributed by atoms with Crippen molar-refractivity contribution in [1.29, 1.82) is 0 Å². The van der Waals surface area contributed by atoms with E-state index in [1.54, 1.807) is 4.57 Å². The molecular weight excluding hydrogens is 226 g/mol. The van der Waals surface area contributed by atoms with Crippen molar-refractivity contribution in [3.63, 3.8) is 0 Å². The Bertz CT molecular complexity index is 617. The summed E-state index contributed by atoms with van der Waals surface area (Å²) in [5.74, 6) is 0. The number of hydrogen-bond acceptors (Lipinski definition) is 3. The maximum atomic E-state index is 11.9.